The topological polar surface area (TPSA) is 16.1 Å². The van der Waals surface area contributed by atoms with Crippen LogP contribution >= 0.6 is 0 Å². The first-order valence-electron chi connectivity index (χ1n) is 7.02. The molecule has 0 unspecified atom stereocenters. The molecule has 1 radical (unpaired) electrons. The van der Waals surface area contributed by atoms with E-state index in [0.29, 0.717) is 10.9 Å². The SMILES string of the molecule is CN(C)c1cccc(-c2[c]cnc3c(C(F)(F)F)cccc23)c1. The van der Waals surface area contributed by atoms with Crippen LogP contribution in [0.5, 0.6) is 0 Å². The lowest BCUT2D eigenvalue weighted by atomic mass is 9.98. The van der Waals surface area contributed by atoms with Crippen molar-refractivity contribution >= 4 is 16.6 Å². The van der Waals surface area contributed by atoms with Crippen LogP contribution in [0.25, 0.3) is 22.0 Å². The molecule has 3 aromatic rings. The third kappa shape index (κ3) is 2.86. The highest BCUT2D eigenvalue weighted by Crippen LogP contribution is 2.37. The average molecular weight is 315 g/mol. The third-order valence-electron chi connectivity index (χ3n) is 3.66. The fraction of sp³-hybridized carbons (Fsp3) is 0.167. The molecule has 1 heterocycles. The van der Waals surface area contributed by atoms with E-state index in [4.69, 9.17) is 0 Å². The van der Waals surface area contributed by atoms with Gasteiger partial charge in [0.1, 0.15) is 0 Å². The normalized spacial score (nSPS) is 11.7. The van der Waals surface area contributed by atoms with E-state index < -0.39 is 11.7 Å². The van der Waals surface area contributed by atoms with Crippen LogP contribution in [0.2, 0.25) is 0 Å². The Hall–Kier alpha value is -2.56. The molecule has 0 aliphatic rings. The largest absolute Gasteiger partial charge is 0.418 e. The molecule has 5 heteroatoms. The molecule has 0 aliphatic heterocycles. The second kappa shape index (κ2) is 5.57. The van der Waals surface area contributed by atoms with Crippen molar-refractivity contribution in [1.82, 2.24) is 4.98 Å². The smallest absolute Gasteiger partial charge is 0.378 e. The van der Waals surface area contributed by atoms with Crippen molar-refractivity contribution in [2.45, 2.75) is 6.18 Å². The molecular formula is C18H14F3N2. The zero-order chi connectivity index (χ0) is 16.6. The highest BCUT2D eigenvalue weighted by Gasteiger charge is 2.33. The Labute approximate surface area is 132 Å². The quantitative estimate of drug-likeness (QED) is 0.676. The van der Waals surface area contributed by atoms with Crippen LogP contribution in [0.4, 0.5) is 18.9 Å². The Morgan fingerprint density at radius 2 is 1.78 bits per heavy atom. The van der Waals surface area contributed by atoms with Crippen molar-refractivity contribution in [2.75, 3.05) is 19.0 Å². The number of nitrogens with zero attached hydrogens (tertiary/aromatic N) is 2. The maximum atomic E-state index is 13.2. The van der Waals surface area contributed by atoms with Crippen molar-refractivity contribution in [3.05, 3.63) is 60.3 Å². The second-order valence-electron chi connectivity index (χ2n) is 5.42. The predicted octanol–water partition coefficient (Wildman–Crippen LogP) is 4.79. The lowest BCUT2D eigenvalue weighted by Gasteiger charge is -2.15. The van der Waals surface area contributed by atoms with E-state index >= 15 is 0 Å². The fourth-order valence-corrected chi connectivity index (χ4v) is 2.53. The van der Waals surface area contributed by atoms with E-state index in [9.17, 15) is 13.2 Å². The summed E-state index contributed by atoms with van der Waals surface area (Å²) in [6.07, 6.45) is -3.13. The number of hydrogen-bond acceptors (Lipinski definition) is 2. The number of anilines is 1. The van der Waals surface area contributed by atoms with Crippen LogP contribution in [0, 0.1) is 6.07 Å². The van der Waals surface area contributed by atoms with Gasteiger partial charge in [0.05, 0.1) is 11.1 Å². The summed E-state index contributed by atoms with van der Waals surface area (Å²) in [4.78, 5) is 5.84. The van der Waals surface area contributed by atoms with Gasteiger partial charge in [0.15, 0.2) is 0 Å². The number of halogens is 3. The molecule has 0 atom stereocenters. The molecule has 0 saturated heterocycles. The number of hydrogen-bond donors (Lipinski definition) is 0. The number of aromatic nitrogens is 1. The van der Waals surface area contributed by atoms with Gasteiger partial charge in [0.2, 0.25) is 0 Å². The monoisotopic (exact) mass is 315 g/mol. The molecule has 2 aromatic carbocycles. The summed E-state index contributed by atoms with van der Waals surface area (Å²) in [5.74, 6) is 0. The number of para-hydroxylation sites is 1. The summed E-state index contributed by atoms with van der Waals surface area (Å²) < 4.78 is 39.5. The van der Waals surface area contributed by atoms with Crippen molar-refractivity contribution in [3.63, 3.8) is 0 Å². The molecule has 23 heavy (non-hydrogen) atoms. The number of fused-ring (bicyclic) bond motifs is 1. The van der Waals surface area contributed by atoms with E-state index in [1.54, 1.807) is 6.07 Å². The number of benzene rings is 2. The Balaban J connectivity index is 2.26. The van der Waals surface area contributed by atoms with Crippen molar-refractivity contribution in [1.29, 1.82) is 0 Å². The Morgan fingerprint density at radius 3 is 2.48 bits per heavy atom. The van der Waals surface area contributed by atoms with E-state index in [-0.39, 0.29) is 5.52 Å². The van der Waals surface area contributed by atoms with Crippen LogP contribution in [0.1, 0.15) is 5.56 Å². The highest BCUT2D eigenvalue weighted by molar-refractivity contribution is 5.96. The molecule has 0 N–H and O–H groups in total. The van der Waals surface area contributed by atoms with Crippen molar-refractivity contribution in [2.24, 2.45) is 0 Å². The summed E-state index contributed by atoms with van der Waals surface area (Å²) in [7, 11) is 3.82. The third-order valence-corrected chi connectivity index (χ3v) is 3.66. The molecule has 2 nitrogen and oxygen atoms in total. The van der Waals surface area contributed by atoms with Gasteiger partial charge in [-0.15, -0.1) is 0 Å². The summed E-state index contributed by atoms with van der Waals surface area (Å²) in [6, 6.07) is 14.7. The van der Waals surface area contributed by atoms with Gasteiger partial charge in [-0.1, -0.05) is 24.3 Å². The van der Waals surface area contributed by atoms with Crippen LogP contribution in [-0.2, 0) is 6.18 Å². The van der Waals surface area contributed by atoms with Gasteiger partial charge in [0, 0.05) is 43.0 Å². The van der Waals surface area contributed by atoms with Crippen LogP contribution in [-0.4, -0.2) is 19.1 Å². The zero-order valence-corrected chi connectivity index (χ0v) is 12.6. The van der Waals surface area contributed by atoms with Crippen LogP contribution in [0.15, 0.2) is 48.7 Å². The molecule has 0 bridgehead atoms. The fourth-order valence-electron chi connectivity index (χ4n) is 2.53. The molecule has 0 amide bonds. The molecule has 117 valence electrons. The molecule has 0 fully saturated rings. The lowest BCUT2D eigenvalue weighted by Crippen LogP contribution is -2.08. The standard InChI is InChI=1S/C18H14F3N2/c1-23(2)13-6-3-5-12(11-13)14-9-10-22-17-15(14)7-4-8-16(17)18(19,20)21/h3-8,10-11H,1-2H3. The Morgan fingerprint density at radius 1 is 1.04 bits per heavy atom. The van der Waals surface area contributed by atoms with Gasteiger partial charge in [-0.2, -0.15) is 13.2 Å². The van der Waals surface area contributed by atoms with Crippen molar-refractivity contribution in [3.8, 4) is 11.1 Å². The zero-order valence-electron chi connectivity index (χ0n) is 12.6. The second-order valence-corrected chi connectivity index (χ2v) is 5.42. The van der Waals surface area contributed by atoms with Crippen molar-refractivity contribution < 1.29 is 13.2 Å². The maximum Gasteiger partial charge on any atom is 0.418 e. The van der Waals surface area contributed by atoms with Gasteiger partial charge < -0.3 is 4.90 Å². The molecule has 1 aromatic heterocycles. The summed E-state index contributed by atoms with van der Waals surface area (Å²) >= 11 is 0. The first-order chi connectivity index (χ1) is 10.9. The summed E-state index contributed by atoms with van der Waals surface area (Å²) in [5, 5.41) is 0.443. The molecule has 0 aliphatic carbocycles. The minimum absolute atomic E-state index is 0.0518. The van der Waals surface area contributed by atoms with Gasteiger partial charge in [-0.25, -0.2) is 0 Å². The molecular weight excluding hydrogens is 301 g/mol. The van der Waals surface area contributed by atoms with E-state index in [1.807, 2.05) is 43.3 Å². The van der Waals surface area contributed by atoms with Gasteiger partial charge in [-0.05, 0) is 23.8 Å². The number of rotatable bonds is 2. The number of alkyl halides is 3. The van der Waals surface area contributed by atoms with E-state index in [0.717, 1.165) is 17.3 Å². The molecule has 0 saturated carbocycles. The average Bonchev–Trinajstić information content (AvgIpc) is 2.53. The summed E-state index contributed by atoms with van der Waals surface area (Å²) in [5.41, 5.74) is 1.61. The van der Waals surface area contributed by atoms with Gasteiger partial charge in [-0.3, -0.25) is 4.98 Å². The van der Waals surface area contributed by atoms with Crippen LogP contribution < -0.4 is 4.90 Å². The van der Waals surface area contributed by atoms with Gasteiger partial charge >= 0.3 is 6.18 Å². The maximum absolute atomic E-state index is 13.2. The summed E-state index contributed by atoms with van der Waals surface area (Å²) in [6.45, 7) is 0. The predicted molar refractivity (Wildman–Crippen MR) is 85.3 cm³/mol. The number of pyridine rings is 1. The van der Waals surface area contributed by atoms with E-state index in [1.165, 1.54) is 12.3 Å². The first-order valence-corrected chi connectivity index (χ1v) is 7.02. The van der Waals surface area contributed by atoms with Gasteiger partial charge in [0.25, 0.3) is 0 Å². The van der Waals surface area contributed by atoms with Crippen LogP contribution in [0.3, 0.4) is 0 Å². The Kier molecular flexibility index (Phi) is 3.72. The van der Waals surface area contributed by atoms with E-state index in [2.05, 4.69) is 11.1 Å². The first kappa shape index (κ1) is 15.3. The minimum Gasteiger partial charge on any atom is -0.378 e. The highest BCUT2D eigenvalue weighted by atomic mass is 19.4. The minimum atomic E-state index is -4.43. The molecule has 0 spiro atoms. The Bertz CT molecular complexity index is 854. The molecule has 3 rings (SSSR count). The lowest BCUT2D eigenvalue weighted by molar-refractivity contribution is -0.136.